The molecule has 4 heterocycles. The third-order valence-electron chi connectivity index (χ3n) is 6.31. The minimum atomic E-state index is -0.131. The van der Waals surface area contributed by atoms with E-state index in [1.54, 1.807) is 24.5 Å². The van der Waals surface area contributed by atoms with Crippen molar-refractivity contribution in [2.24, 2.45) is 18.9 Å². The van der Waals surface area contributed by atoms with Crippen LogP contribution in [-0.4, -0.2) is 58.6 Å². The maximum atomic E-state index is 13.1. The van der Waals surface area contributed by atoms with Crippen LogP contribution in [0.2, 0.25) is 0 Å². The van der Waals surface area contributed by atoms with Crippen LogP contribution in [-0.2, 0) is 11.8 Å². The van der Waals surface area contributed by atoms with Crippen LogP contribution >= 0.6 is 0 Å². The number of nitrogens with zero attached hydrogens (tertiary/aromatic N) is 3. The summed E-state index contributed by atoms with van der Waals surface area (Å²) in [5.41, 5.74) is 2.36. The molecule has 1 aromatic carbocycles. The first kappa shape index (κ1) is 18.8. The van der Waals surface area contributed by atoms with E-state index in [1.165, 1.54) is 0 Å². The van der Waals surface area contributed by atoms with Crippen LogP contribution in [0.4, 0.5) is 0 Å². The van der Waals surface area contributed by atoms with Crippen molar-refractivity contribution in [3.8, 4) is 0 Å². The Bertz CT molecular complexity index is 1090. The Morgan fingerprint density at radius 2 is 2.10 bits per heavy atom. The van der Waals surface area contributed by atoms with Gasteiger partial charge in [0.1, 0.15) is 0 Å². The van der Waals surface area contributed by atoms with Crippen molar-refractivity contribution in [1.82, 2.24) is 19.8 Å². The molecule has 0 spiro atoms. The highest BCUT2D eigenvalue weighted by atomic mass is 16.5. The minimum Gasteiger partial charge on any atom is -0.376 e. The molecule has 5 rings (SSSR count). The van der Waals surface area contributed by atoms with Gasteiger partial charge in [0, 0.05) is 73.6 Å². The van der Waals surface area contributed by atoms with Crippen molar-refractivity contribution in [1.29, 1.82) is 0 Å². The molecule has 3 atom stereocenters. The van der Waals surface area contributed by atoms with Crippen molar-refractivity contribution < 1.29 is 14.3 Å². The molecule has 2 aliphatic heterocycles. The number of carbonyl (C=O) groups excluding carboxylic acids is 2. The lowest BCUT2D eigenvalue weighted by atomic mass is 9.93. The zero-order valence-electron chi connectivity index (χ0n) is 16.8. The van der Waals surface area contributed by atoms with Crippen molar-refractivity contribution in [3.05, 3.63) is 66.1 Å². The topological polar surface area (TPSA) is 76.5 Å². The van der Waals surface area contributed by atoms with E-state index in [-0.39, 0.29) is 29.8 Å². The van der Waals surface area contributed by atoms with Gasteiger partial charge in [-0.25, -0.2) is 0 Å². The second-order valence-electron chi connectivity index (χ2n) is 8.16. The Balaban J connectivity index is 1.23. The number of nitrogens with one attached hydrogen (secondary N) is 1. The SMILES string of the molecule is Cn1ccc2cc(C(=O)N3C[C@@H]4[C@@H](CNC(=O)c5cccnc5)CO[C@@H]4C3)ccc21. The number of hydrogen-bond donors (Lipinski definition) is 1. The lowest BCUT2D eigenvalue weighted by Gasteiger charge is -2.20. The number of pyridine rings is 1. The van der Waals surface area contributed by atoms with E-state index >= 15 is 0 Å². The zero-order valence-corrected chi connectivity index (χ0v) is 16.8. The average molecular weight is 404 g/mol. The van der Waals surface area contributed by atoms with E-state index in [9.17, 15) is 9.59 Å². The molecule has 7 nitrogen and oxygen atoms in total. The average Bonchev–Trinajstić information content (AvgIpc) is 3.47. The molecule has 0 bridgehead atoms. The Morgan fingerprint density at radius 3 is 2.93 bits per heavy atom. The highest BCUT2D eigenvalue weighted by molar-refractivity contribution is 5.98. The molecule has 2 aliphatic rings. The number of carbonyl (C=O) groups is 2. The van der Waals surface area contributed by atoms with Gasteiger partial charge in [-0.2, -0.15) is 0 Å². The van der Waals surface area contributed by atoms with E-state index in [0.29, 0.717) is 37.4 Å². The van der Waals surface area contributed by atoms with Gasteiger partial charge in [0.15, 0.2) is 0 Å². The largest absolute Gasteiger partial charge is 0.376 e. The highest BCUT2D eigenvalue weighted by Gasteiger charge is 2.45. The molecule has 1 N–H and O–H groups in total. The molecule has 0 aliphatic carbocycles. The Hall–Kier alpha value is -3.19. The number of likely N-dealkylation sites (tertiary alicyclic amines) is 1. The predicted molar refractivity (Wildman–Crippen MR) is 112 cm³/mol. The third kappa shape index (κ3) is 3.35. The molecule has 0 radical (unpaired) electrons. The van der Waals surface area contributed by atoms with Gasteiger partial charge in [0.05, 0.1) is 18.3 Å². The molecule has 3 aromatic rings. The normalized spacial score (nSPS) is 23.0. The number of fused-ring (bicyclic) bond motifs is 2. The third-order valence-corrected chi connectivity index (χ3v) is 6.31. The van der Waals surface area contributed by atoms with Gasteiger partial charge in [-0.1, -0.05) is 0 Å². The molecule has 0 unspecified atom stereocenters. The van der Waals surface area contributed by atoms with Gasteiger partial charge >= 0.3 is 0 Å². The maximum absolute atomic E-state index is 13.1. The van der Waals surface area contributed by atoms with Crippen LogP contribution in [0.15, 0.2) is 55.0 Å². The lowest BCUT2D eigenvalue weighted by Crippen LogP contribution is -2.35. The number of amides is 2. The van der Waals surface area contributed by atoms with Crippen LogP contribution in [0.25, 0.3) is 10.9 Å². The first-order valence-electron chi connectivity index (χ1n) is 10.2. The van der Waals surface area contributed by atoms with Gasteiger partial charge in [-0.3, -0.25) is 14.6 Å². The summed E-state index contributed by atoms with van der Waals surface area (Å²) in [5.74, 6) is 0.346. The summed E-state index contributed by atoms with van der Waals surface area (Å²) in [5, 5.41) is 4.05. The first-order chi connectivity index (χ1) is 14.6. The van der Waals surface area contributed by atoms with E-state index in [4.69, 9.17) is 4.74 Å². The van der Waals surface area contributed by atoms with Gasteiger partial charge in [-0.05, 0) is 36.4 Å². The molecule has 30 heavy (non-hydrogen) atoms. The van der Waals surface area contributed by atoms with Crippen LogP contribution in [0.3, 0.4) is 0 Å². The van der Waals surface area contributed by atoms with Gasteiger partial charge in [0.25, 0.3) is 11.8 Å². The number of rotatable bonds is 4. The molecule has 2 fully saturated rings. The fourth-order valence-corrected chi connectivity index (χ4v) is 4.60. The number of aryl methyl sites for hydroxylation is 1. The summed E-state index contributed by atoms with van der Waals surface area (Å²) in [6.07, 6.45) is 5.24. The second-order valence-corrected chi connectivity index (χ2v) is 8.16. The summed E-state index contributed by atoms with van der Waals surface area (Å²) in [6.45, 7) is 2.40. The fourth-order valence-electron chi connectivity index (χ4n) is 4.60. The Kier molecular flexibility index (Phi) is 4.75. The van der Waals surface area contributed by atoms with E-state index < -0.39 is 0 Å². The molecule has 7 heteroatoms. The number of benzene rings is 1. The van der Waals surface area contributed by atoms with Crippen molar-refractivity contribution in [2.75, 3.05) is 26.2 Å². The number of aromatic nitrogens is 2. The van der Waals surface area contributed by atoms with E-state index in [1.807, 2.05) is 47.0 Å². The zero-order chi connectivity index (χ0) is 20.7. The highest BCUT2D eigenvalue weighted by Crippen LogP contribution is 2.34. The standard InChI is InChI=1S/C23H24N4O3/c1-26-8-6-15-9-16(4-5-20(15)26)23(29)27-12-19-18(14-30-21(19)13-27)11-25-22(28)17-3-2-7-24-10-17/h2-10,18-19,21H,11-14H2,1H3,(H,25,28)/t18-,19+,21+/m0/s1. The molecular formula is C23H24N4O3. The first-order valence-corrected chi connectivity index (χ1v) is 10.2. The summed E-state index contributed by atoms with van der Waals surface area (Å²) < 4.78 is 8.00. The molecular weight excluding hydrogens is 380 g/mol. The van der Waals surface area contributed by atoms with E-state index in [2.05, 4.69) is 10.3 Å². The summed E-state index contributed by atoms with van der Waals surface area (Å²) in [7, 11) is 2.00. The summed E-state index contributed by atoms with van der Waals surface area (Å²) >= 11 is 0. The van der Waals surface area contributed by atoms with Crippen molar-refractivity contribution in [3.63, 3.8) is 0 Å². The molecule has 2 amide bonds. The Morgan fingerprint density at radius 1 is 1.20 bits per heavy atom. The van der Waals surface area contributed by atoms with Crippen molar-refractivity contribution in [2.45, 2.75) is 6.10 Å². The van der Waals surface area contributed by atoms with Crippen LogP contribution in [0, 0.1) is 11.8 Å². The van der Waals surface area contributed by atoms with Crippen molar-refractivity contribution >= 4 is 22.7 Å². The monoisotopic (exact) mass is 404 g/mol. The number of hydrogen-bond acceptors (Lipinski definition) is 4. The van der Waals surface area contributed by atoms with Gasteiger partial charge in [0.2, 0.25) is 0 Å². The second kappa shape index (κ2) is 7.57. The molecule has 2 saturated heterocycles. The molecule has 2 aromatic heterocycles. The molecule has 154 valence electrons. The predicted octanol–water partition coefficient (Wildman–Crippen LogP) is 2.09. The number of ether oxygens (including phenoxy) is 1. The van der Waals surface area contributed by atoms with E-state index in [0.717, 1.165) is 10.9 Å². The quantitative estimate of drug-likeness (QED) is 0.723. The van der Waals surface area contributed by atoms with Gasteiger partial charge < -0.3 is 19.5 Å². The Labute approximate surface area is 174 Å². The molecule has 0 saturated carbocycles. The fraction of sp³-hybridized carbons (Fsp3) is 0.348. The van der Waals surface area contributed by atoms with Crippen LogP contribution < -0.4 is 5.32 Å². The van der Waals surface area contributed by atoms with Crippen LogP contribution in [0.1, 0.15) is 20.7 Å². The summed E-state index contributed by atoms with van der Waals surface area (Å²) in [4.78, 5) is 31.2. The smallest absolute Gasteiger partial charge is 0.253 e. The maximum Gasteiger partial charge on any atom is 0.253 e. The minimum absolute atomic E-state index is 0.0368. The summed E-state index contributed by atoms with van der Waals surface area (Å²) in [6, 6.07) is 11.4. The van der Waals surface area contributed by atoms with Gasteiger partial charge in [-0.15, -0.1) is 0 Å². The lowest BCUT2D eigenvalue weighted by molar-refractivity contribution is 0.0675. The van der Waals surface area contributed by atoms with Crippen LogP contribution in [0.5, 0.6) is 0 Å².